The highest BCUT2D eigenvalue weighted by Gasteiger charge is 2.46. The smallest absolute Gasteiger partial charge is 0.317 e. The molecular weight excluding hydrogens is 378 g/mol. The van der Waals surface area contributed by atoms with Gasteiger partial charge in [0.1, 0.15) is 0 Å². The highest BCUT2D eigenvalue weighted by Crippen LogP contribution is 2.47. The topological polar surface area (TPSA) is 9.23 Å². The SMILES string of the molecule is CC1CCC(C2CCC(OC(F)(F)C3CCC(C4CCC(C)CC4)CC3)CC2)CC1. The zero-order valence-corrected chi connectivity index (χ0v) is 19.6. The fourth-order valence-corrected chi connectivity index (χ4v) is 7.44. The average Bonchev–Trinajstić information content (AvgIpc) is 2.75. The van der Waals surface area contributed by atoms with E-state index in [4.69, 9.17) is 4.74 Å². The summed E-state index contributed by atoms with van der Waals surface area (Å²) in [5.41, 5.74) is 0. The van der Waals surface area contributed by atoms with Crippen LogP contribution in [0.3, 0.4) is 0 Å². The van der Waals surface area contributed by atoms with Crippen molar-refractivity contribution in [1.29, 1.82) is 0 Å². The number of ether oxygens (including phenoxy) is 1. The van der Waals surface area contributed by atoms with Gasteiger partial charge in [0, 0.05) is 0 Å². The highest BCUT2D eigenvalue weighted by molar-refractivity contribution is 4.86. The Kier molecular flexibility index (Phi) is 7.80. The molecule has 4 aliphatic carbocycles. The molecule has 0 aromatic carbocycles. The van der Waals surface area contributed by atoms with Gasteiger partial charge >= 0.3 is 6.11 Å². The van der Waals surface area contributed by atoms with E-state index in [1.165, 1.54) is 51.4 Å². The van der Waals surface area contributed by atoms with Crippen LogP contribution in [0.1, 0.15) is 117 Å². The molecule has 0 saturated heterocycles. The predicted octanol–water partition coefficient (Wildman–Crippen LogP) is 8.61. The second kappa shape index (κ2) is 10.2. The van der Waals surface area contributed by atoms with E-state index in [9.17, 15) is 8.78 Å². The van der Waals surface area contributed by atoms with Crippen LogP contribution < -0.4 is 0 Å². The molecule has 0 N–H and O–H groups in total. The molecule has 0 bridgehead atoms. The Labute approximate surface area is 184 Å². The first kappa shape index (κ1) is 23.0. The number of hydrogen-bond acceptors (Lipinski definition) is 1. The number of hydrogen-bond donors (Lipinski definition) is 0. The lowest BCUT2D eigenvalue weighted by Gasteiger charge is -2.41. The molecule has 0 atom stereocenters. The van der Waals surface area contributed by atoms with Crippen molar-refractivity contribution in [2.24, 2.45) is 41.4 Å². The maximum Gasteiger partial charge on any atom is 0.358 e. The monoisotopic (exact) mass is 424 g/mol. The van der Waals surface area contributed by atoms with Crippen LogP contribution in [0, 0.1) is 41.4 Å². The van der Waals surface area contributed by atoms with Crippen molar-refractivity contribution in [3.8, 4) is 0 Å². The van der Waals surface area contributed by atoms with Crippen LogP contribution >= 0.6 is 0 Å². The molecule has 0 radical (unpaired) electrons. The second-order valence-corrected chi connectivity index (χ2v) is 11.9. The molecule has 0 heterocycles. The first-order valence-corrected chi connectivity index (χ1v) is 13.5. The van der Waals surface area contributed by atoms with E-state index < -0.39 is 12.0 Å². The maximum absolute atomic E-state index is 15.0. The average molecular weight is 425 g/mol. The molecule has 0 spiro atoms. The standard InChI is InChI=1S/C27H46F2O/c1-19-3-7-21(8-4-19)23-11-15-25(16-12-23)27(28,29)30-26-17-13-24(14-18-26)22-9-5-20(2)6-10-22/h19-26H,3-18H2,1-2H3. The molecule has 174 valence electrons. The zero-order valence-electron chi connectivity index (χ0n) is 19.6. The molecule has 0 unspecified atom stereocenters. The second-order valence-electron chi connectivity index (χ2n) is 11.9. The van der Waals surface area contributed by atoms with Gasteiger partial charge in [0.05, 0.1) is 12.0 Å². The van der Waals surface area contributed by atoms with Crippen molar-refractivity contribution >= 4 is 0 Å². The first-order valence-electron chi connectivity index (χ1n) is 13.5. The van der Waals surface area contributed by atoms with Gasteiger partial charge < -0.3 is 4.74 Å². The largest absolute Gasteiger partial charge is 0.358 e. The molecule has 4 aliphatic rings. The van der Waals surface area contributed by atoms with Crippen LogP contribution in [0.15, 0.2) is 0 Å². The predicted molar refractivity (Wildman–Crippen MR) is 119 cm³/mol. The third kappa shape index (κ3) is 5.78. The Morgan fingerprint density at radius 1 is 0.500 bits per heavy atom. The van der Waals surface area contributed by atoms with E-state index in [0.717, 1.165) is 68.1 Å². The van der Waals surface area contributed by atoms with E-state index in [0.29, 0.717) is 18.8 Å². The lowest BCUT2D eigenvalue weighted by Crippen LogP contribution is -2.40. The Bertz CT molecular complexity index is 503. The van der Waals surface area contributed by atoms with Gasteiger partial charge in [-0.3, -0.25) is 0 Å². The summed E-state index contributed by atoms with van der Waals surface area (Å²) in [5.74, 6) is 4.31. The van der Waals surface area contributed by atoms with Crippen LogP contribution in [0.5, 0.6) is 0 Å². The van der Waals surface area contributed by atoms with Gasteiger partial charge in [0.15, 0.2) is 0 Å². The van der Waals surface area contributed by atoms with E-state index in [-0.39, 0.29) is 6.10 Å². The molecule has 3 heteroatoms. The number of halogens is 2. The van der Waals surface area contributed by atoms with Crippen LogP contribution in [0.25, 0.3) is 0 Å². The Morgan fingerprint density at radius 3 is 1.23 bits per heavy atom. The molecule has 0 aromatic heterocycles. The fraction of sp³-hybridized carbons (Fsp3) is 1.00. The number of alkyl halides is 2. The van der Waals surface area contributed by atoms with Gasteiger partial charge in [0.25, 0.3) is 0 Å². The summed E-state index contributed by atoms with van der Waals surface area (Å²) in [4.78, 5) is 0. The third-order valence-corrected chi connectivity index (χ3v) is 9.74. The van der Waals surface area contributed by atoms with Gasteiger partial charge in [-0.15, -0.1) is 0 Å². The summed E-state index contributed by atoms with van der Waals surface area (Å²) in [6.07, 6.45) is 14.9. The molecule has 4 fully saturated rings. The quantitative estimate of drug-likeness (QED) is 0.429. The maximum atomic E-state index is 15.0. The van der Waals surface area contributed by atoms with Crippen molar-refractivity contribution < 1.29 is 13.5 Å². The molecule has 4 rings (SSSR count). The fourth-order valence-electron chi connectivity index (χ4n) is 7.44. The van der Waals surface area contributed by atoms with E-state index >= 15 is 0 Å². The van der Waals surface area contributed by atoms with Gasteiger partial charge in [-0.25, -0.2) is 0 Å². The molecule has 1 nitrogen and oxygen atoms in total. The van der Waals surface area contributed by atoms with Crippen molar-refractivity contribution in [1.82, 2.24) is 0 Å². The van der Waals surface area contributed by atoms with Crippen LogP contribution in [0.2, 0.25) is 0 Å². The Balaban J connectivity index is 1.19. The normalized spacial score (nSPS) is 44.0. The minimum Gasteiger partial charge on any atom is -0.317 e. The van der Waals surface area contributed by atoms with Gasteiger partial charge in [-0.2, -0.15) is 8.78 Å². The third-order valence-electron chi connectivity index (χ3n) is 9.74. The Morgan fingerprint density at radius 2 is 0.833 bits per heavy atom. The lowest BCUT2D eigenvalue weighted by atomic mass is 9.69. The summed E-state index contributed by atoms with van der Waals surface area (Å²) in [7, 11) is 0. The number of rotatable bonds is 5. The zero-order chi connectivity index (χ0) is 21.1. The molecular formula is C27H46F2O. The summed E-state index contributed by atoms with van der Waals surface area (Å²) >= 11 is 0. The van der Waals surface area contributed by atoms with Gasteiger partial charge in [0.2, 0.25) is 0 Å². The van der Waals surface area contributed by atoms with Crippen LogP contribution in [-0.2, 0) is 4.74 Å². The van der Waals surface area contributed by atoms with Crippen molar-refractivity contribution in [3.05, 3.63) is 0 Å². The molecule has 0 aliphatic heterocycles. The van der Waals surface area contributed by atoms with E-state index in [1.807, 2.05) is 0 Å². The van der Waals surface area contributed by atoms with Crippen molar-refractivity contribution in [3.63, 3.8) is 0 Å². The van der Waals surface area contributed by atoms with Crippen molar-refractivity contribution in [2.45, 2.75) is 129 Å². The summed E-state index contributed by atoms with van der Waals surface area (Å²) < 4.78 is 35.5. The van der Waals surface area contributed by atoms with Gasteiger partial charge in [-0.05, 0) is 113 Å². The summed E-state index contributed by atoms with van der Waals surface area (Å²) in [5, 5.41) is 0. The Hall–Kier alpha value is -0.180. The van der Waals surface area contributed by atoms with Crippen LogP contribution in [-0.4, -0.2) is 12.2 Å². The summed E-state index contributed by atoms with van der Waals surface area (Å²) in [6, 6.07) is 0. The highest BCUT2D eigenvalue weighted by atomic mass is 19.3. The lowest BCUT2D eigenvalue weighted by molar-refractivity contribution is -0.302. The van der Waals surface area contributed by atoms with Crippen LogP contribution in [0.4, 0.5) is 8.78 Å². The van der Waals surface area contributed by atoms with E-state index in [2.05, 4.69) is 13.8 Å². The minimum absolute atomic E-state index is 0.212. The minimum atomic E-state index is -2.91. The van der Waals surface area contributed by atoms with E-state index in [1.54, 1.807) is 0 Å². The summed E-state index contributed by atoms with van der Waals surface area (Å²) in [6.45, 7) is 4.72. The first-order chi connectivity index (χ1) is 14.4. The molecule has 30 heavy (non-hydrogen) atoms. The van der Waals surface area contributed by atoms with Crippen molar-refractivity contribution in [2.75, 3.05) is 0 Å². The molecule has 0 aromatic rings. The van der Waals surface area contributed by atoms with Gasteiger partial charge in [-0.1, -0.05) is 39.5 Å². The molecule has 4 saturated carbocycles. The molecule has 0 amide bonds.